The van der Waals surface area contributed by atoms with E-state index in [1.54, 1.807) is 6.07 Å². The van der Waals surface area contributed by atoms with Crippen molar-refractivity contribution in [2.75, 3.05) is 5.32 Å². The van der Waals surface area contributed by atoms with Crippen molar-refractivity contribution in [1.29, 1.82) is 0 Å². The topological polar surface area (TPSA) is 38.3 Å². The summed E-state index contributed by atoms with van der Waals surface area (Å²) in [6, 6.07) is 17.4. The van der Waals surface area contributed by atoms with Crippen molar-refractivity contribution in [1.82, 2.24) is 0 Å². The molecule has 3 rings (SSSR count). The highest BCUT2D eigenvalue weighted by Gasteiger charge is 2.09. The molecule has 3 aromatic carbocycles. The van der Waals surface area contributed by atoms with Crippen LogP contribution >= 0.6 is 15.9 Å². The van der Waals surface area contributed by atoms with Gasteiger partial charge in [0.15, 0.2) is 0 Å². The summed E-state index contributed by atoms with van der Waals surface area (Å²) in [5.74, 6) is 0.517. The van der Waals surface area contributed by atoms with Crippen LogP contribution < -0.4 is 10.1 Å². The minimum absolute atomic E-state index is 0.487. The summed E-state index contributed by atoms with van der Waals surface area (Å²) >= 11 is 3.45. The number of hydrogen-bond acceptors (Lipinski definition) is 2. The van der Waals surface area contributed by atoms with Crippen molar-refractivity contribution in [3.63, 3.8) is 0 Å². The van der Waals surface area contributed by atoms with E-state index >= 15 is 0 Å². The van der Waals surface area contributed by atoms with Crippen LogP contribution in [0.3, 0.4) is 0 Å². The van der Waals surface area contributed by atoms with Crippen molar-refractivity contribution in [3.8, 4) is 5.75 Å². The number of carbonyl (C=O) groups is 1. The molecule has 0 spiro atoms. The maximum atomic E-state index is 12.1. The van der Waals surface area contributed by atoms with Gasteiger partial charge in [0.25, 0.3) is 0 Å². The summed E-state index contributed by atoms with van der Waals surface area (Å²) in [5.41, 5.74) is 2.80. The number of fused-ring (bicyclic) bond motifs is 1. The lowest BCUT2D eigenvalue weighted by Gasteiger charge is -2.12. The Hall–Kier alpha value is -2.33. The standard InChI is InChI=1S/C19H16BrNO2/c1-12-4-3-5-13(2)18(12)21-19(22)23-17-9-7-14-10-16(20)8-6-15(14)11-17/h3-11H,1-2H3,(H,21,22). The minimum atomic E-state index is -0.487. The molecule has 0 fully saturated rings. The second kappa shape index (κ2) is 6.42. The van der Waals surface area contributed by atoms with Crippen LogP contribution in [0.4, 0.5) is 10.5 Å². The zero-order valence-electron chi connectivity index (χ0n) is 12.9. The van der Waals surface area contributed by atoms with E-state index in [1.807, 2.05) is 62.4 Å². The summed E-state index contributed by atoms with van der Waals surface area (Å²) in [4.78, 5) is 12.1. The van der Waals surface area contributed by atoms with Crippen LogP contribution in [0.25, 0.3) is 10.8 Å². The fourth-order valence-corrected chi connectivity index (χ4v) is 2.88. The number of carbonyl (C=O) groups excluding carboxylic acids is 1. The zero-order chi connectivity index (χ0) is 16.4. The van der Waals surface area contributed by atoms with Gasteiger partial charge in [-0.15, -0.1) is 0 Å². The van der Waals surface area contributed by atoms with Crippen LogP contribution in [0, 0.1) is 13.8 Å². The number of halogens is 1. The second-order valence-electron chi connectivity index (χ2n) is 5.43. The fraction of sp³-hybridized carbons (Fsp3) is 0.105. The van der Waals surface area contributed by atoms with E-state index in [2.05, 4.69) is 21.2 Å². The van der Waals surface area contributed by atoms with Gasteiger partial charge in [-0.25, -0.2) is 4.79 Å². The lowest BCUT2D eigenvalue weighted by atomic mass is 10.1. The van der Waals surface area contributed by atoms with Crippen molar-refractivity contribution in [2.45, 2.75) is 13.8 Å². The van der Waals surface area contributed by atoms with Gasteiger partial charge in [-0.2, -0.15) is 0 Å². The molecule has 1 N–H and O–H groups in total. The maximum Gasteiger partial charge on any atom is 0.417 e. The lowest BCUT2D eigenvalue weighted by Crippen LogP contribution is -2.18. The van der Waals surface area contributed by atoms with Gasteiger partial charge in [-0.3, -0.25) is 5.32 Å². The summed E-state index contributed by atoms with van der Waals surface area (Å²) < 4.78 is 6.42. The minimum Gasteiger partial charge on any atom is -0.410 e. The molecule has 0 saturated carbocycles. The molecule has 4 heteroatoms. The molecule has 23 heavy (non-hydrogen) atoms. The van der Waals surface area contributed by atoms with E-state index in [9.17, 15) is 4.79 Å². The van der Waals surface area contributed by atoms with E-state index < -0.39 is 6.09 Å². The molecule has 0 radical (unpaired) electrons. The summed E-state index contributed by atoms with van der Waals surface area (Å²) in [7, 11) is 0. The molecule has 0 heterocycles. The first-order valence-electron chi connectivity index (χ1n) is 7.27. The van der Waals surface area contributed by atoms with Crippen molar-refractivity contribution in [3.05, 3.63) is 70.2 Å². The smallest absolute Gasteiger partial charge is 0.410 e. The number of ether oxygens (including phenoxy) is 1. The molecule has 0 saturated heterocycles. The Morgan fingerprint density at radius 2 is 1.61 bits per heavy atom. The number of benzene rings is 3. The lowest BCUT2D eigenvalue weighted by molar-refractivity contribution is 0.215. The summed E-state index contributed by atoms with van der Waals surface area (Å²) in [5, 5.41) is 4.92. The molecule has 0 aromatic heterocycles. The van der Waals surface area contributed by atoms with Gasteiger partial charge in [0.2, 0.25) is 0 Å². The highest BCUT2D eigenvalue weighted by Crippen LogP contribution is 2.25. The first kappa shape index (κ1) is 15.6. The van der Waals surface area contributed by atoms with Gasteiger partial charge in [0.1, 0.15) is 5.75 Å². The molecule has 0 aliphatic heterocycles. The van der Waals surface area contributed by atoms with Crippen LogP contribution in [0.15, 0.2) is 59.1 Å². The quantitative estimate of drug-likeness (QED) is 0.616. The molecule has 116 valence electrons. The molecule has 0 aliphatic rings. The first-order valence-corrected chi connectivity index (χ1v) is 8.06. The molecular formula is C19H16BrNO2. The molecule has 3 aromatic rings. The van der Waals surface area contributed by atoms with Gasteiger partial charge < -0.3 is 4.74 Å². The van der Waals surface area contributed by atoms with E-state index in [0.717, 1.165) is 32.1 Å². The number of para-hydroxylation sites is 1. The maximum absolute atomic E-state index is 12.1. The number of rotatable bonds is 2. The first-order chi connectivity index (χ1) is 11.0. The third kappa shape index (κ3) is 3.54. The third-order valence-corrected chi connectivity index (χ3v) is 4.19. The Bertz CT molecular complexity index is 869. The van der Waals surface area contributed by atoms with Gasteiger partial charge >= 0.3 is 6.09 Å². The normalized spacial score (nSPS) is 10.6. The molecule has 0 unspecified atom stereocenters. The van der Waals surface area contributed by atoms with Crippen molar-refractivity contribution in [2.24, 2.45) is 0 Å². The monoisotopic (exact) mass is 369 g/mol. The van der Waals surface area contributed by atoms with Crippen LogP contribution in [0.2, 0.25) is 0 Å². The average molecular weight is 370 g/mol. The number of anilines is 1. The Kier molecular flexibility index (Phi) is 4.35. The van der Waals surface area contributed by atoms with Crippen molar-refractivity contribution < 1.29 is 9.53 Å². The van der Waals surface area contributed by atoms with Crippen LogP contribution in [-0.4, -0.2) is 6.09 Å². The third-order valence-electron chi connectivity index (χ3n) is 3.69. The van der Waals surface area contributed by atoms with E-state index in [1.165, 1.54) is 0 Å². The summed E-state index contributed by atoms with van der Waals surface area (Å²) in [6.45, 7) is 3.91. The largest absolute Gasteiger partial charge is 0.417 e. The Morgan fingerprint density at radius 3 is 2.35 bits per heavy atom. The highest BCUT2D eigenvalue weighted by molar-refractivity contribution is 9.10. The van der Waals surface area contributed by atoms with Crippen LogP contribution in [0.5, 0.6) is 5.75 Å². The van der Waals surface area contributed by atoms with Crippen molar-refractivity contribution >= 4 is 38.5 Å². The molecule has 0 bridgehead atoms. The SMILES string of the molecule is Cc1cccc(C)c1NC(=O)Oc1ccc2cc(Br)ccc2c1. The zero-order valence-corrected chi connectivity index (χ0v) is 14.5. The van der Waals surface area contributed by atoms with Crippen LogP contribution in [0.1, 0.15) is 11.1 Å². The molecule has 3 nitrogen and oxygen atoms in total. The Balaban J connectivity index is 1.79. The van der Waals surface area contributed by atoms with Crippen LogP contribution in [-0.2, 0) is 0 Å². The van der Waals surface area contributed by atoms with E-state index in [4.69, 9.17) is 4.74 Å². The Labute approximate surface area is 143 Å². The number of hydrogen-bond donors (Lipinski definition) is 1. The predicted octanol–water partition coefficient (Wildman–Crippen LogP) is 5.83. The van der Waals surface area contributed by atoms with Gasteiger partial charge in [-0.1, -0.05) is 46.3 Å². The van der Waals surface area contributed by atoms with E-state index in [0.29, 0.717) is 5.75 Å². The average Bonchev–Trinajstić information content (AvgIpc) is 2.51. The Morgan fingerprint density at radius 1 is 0.957 bits per heavy atom. The molecular weight excluding hydrogens is 354 g/mol. The van der Waals surface area contributed by atoms with Gasteiger partial charge in [0, 0.05) is 10.2 Å². The molecule has 0 atom stereocenters. The summed E-state index contributed by atoms with van der Waals surface area (Å²) in [6.07, 6.45) is -0.487. The van der Waals surface area contributed by atoms with E-state index in [-0.39, 0.29) is 0 Å². The number of aryl methyl sites for hydroxylation is 2. The second-order valence-corrected chi connectivity index (χ2v) is 6.35. The highest BCUT2D eigenvalue weighted by atomic mass is 79.9. The number of nitrogens with one attached hydrogen (secondary N) is 1. The fourth-order valence-electron chi connectivity index (χ4n) is 2.50. The molecule has 1 amide bonds. The predicted molar refractivity (Wildman–Crippen MR) is 97.2 cm³/mol. The molecule has 0 aliphatic carbocycles. The van der Waals surface area contributed by atoms with Gasteiger partial charge in [-0.05, 0) is 60.0 Å². The number of amides is 1. The van der Waals surface area contributed by atoms with Gasteiger partial charge in [0.05, 0.1) is 0 Å².